The Hall–Kier alpha value is -2.26. The molecule has 3 aromatic rings. The van der Waals surface area contributed by atoms with Crippen LogP contribution < -0.4 is 4.90 Å². The maximum atomic E-state index is 4.78. The molecule has 1 aliphatic heterocycles. The number of fused-ring (bicyclic) bond motifs is 1. The Labute approximate surface area is 150 Å². The molecule has 0 unspecified atom stereocenters. The second-order valence-corrected chi connectivity index (χ2v) is 6.87. The summed E-state index contributed by atoms with van der Waals surface area (Å²) in [6, 6.07) is 1.92. The molecule has 1 fully saturated rings. The molecule has 0 N–H and O–H groups in total. The lowest BCUT2D eigenvalue weighted by Crippen LogP contribution is -2.45. The minimum atomic E-state index is 0.610. The Kier molecular flexibility index (Phi) is 4.26. The Morgan fingerprint density at radius 1 is 1.08 bits per heavy atom. The van der Waals surface area contributed by atoms with Crippen LogP contribution in [0.2, 0.25) is 0 Å². The van der Waals surface area contributed by atoms with Crippen LogP contribution in [-0.2, 0) is 0 Å². The number of aryl methyl sites for hydroxylation is 1. The number of thioether (sulfide) groups is 1. The molecule has 4 rings (SSSR count). The van der Waals surface area contributed by atoms with Crippen LogP contribution in [-0.4, -0.2) is 73.9 Å². The first-order chi connectivity index (χ1) is 12.2. The molecule has 1 aliphatic rings. The van der Waals surface area contributed by atoms with Crippen molar-refractivity contribution in [3.05, 3.63) is 24.2 Å². The maximum absolute atomic E-state index is 4.78. The number of aromatic nitrogens is 6. The second kappa shape index (κ2) is 6.57. The van der Waals surface area contributed by atoms with Gasteiger partial charge in [0.1, 0.15) is 0 Å². The SMILES string of the molecule is CSc1nc2ncc(-c3ccnc(N4CCN(C)CC4)n3)c(C)n2n1. The lowest BCUT2D eigenvalue weighted by Gasteiger charge is -2.32. The van der Waals surface area contributed by atoms with Gasteiger partial charge in [-0.2, -0.15) is 9.50 Å². The summed E-state index contributed by atoms with van der Waals surface area (Å²) in [6.07, 6.45) is 5.59. The lowest BCUT2D eigenvalue weighted by atomic mass is 10.2. The minimum Gasteiger partial charge on any atom is -0.338 e. The van der Waals surface area contributed by atoms with Crippen LogP contribution in [0.4, 0.5) is 5.95 Å². The largest absolute Gasteiger partial charge is 0.338 e. The highest BCUT2D eigenvalue weighted by Gasteiger charge is 2.18. The zero-order valence-electron chi connectivity index (χ0n) is 14.5. The van der Waals surface area contributed by atoms with Gasteiger partial charge in [0.15, 0.2) is 0 Å². The molecule has 0 bridgehead atoms. The molecule has 0 aliphatic carbocycles. The van der Waals surface area contributed by atoms with Crippen molar-refractivity contribution in [1.82, 2.24) is 34.4 Å². The van der Waals surface area contributed by atoms with E-state index in [-0.39, 0.29) is 0 Å². The molecule has 130 valence electrons. The molecule has 0 aromatic carbocycles. The van der Waals surface area contributed by atoms with Gasteiger partial charge >= 0.3 is 0 Å². The summed E-state index contributed by atoms with van der Waals surface area (Å²) in [5.41, 5.74) is 2.78. The molecule has 1 saturated heterocycles. The molecule has 0 atom stereocenters. The lowest BCUT2D eigenvalue weighted by molar-refractivity contribution is 0.311. The summed E-state index contributed by atoms with van der Waals surface area (Å²) in [5, 5.41) is 5.20. The Balaban J connectivity index is 1.71. The Morgan fingerprint density at radius 2 is 1.88 bits per heavy atom. The van der Waals surface area contributed by atoms with Gasteiger partial charge in [-0.05, 0) is 26.3 Å². The van der Waals surface area contributed by atoms with E-state index in [1.54, 1.807) is 4.52 Å². The van der Waals surface area contributed by atoms with E-state index in [0.717, 1.165) is 49.1 Å². The van der Waals surface area contributed by atoms with E-state index in [1.807, 2.05) is 31.6 Å². The standard InChI is InChI=1S/C16H20N8S/c1-11-12(10-18-15-20-16(25-3)21-24(11)15)13-4-5-17-14(19-13)23-8-6-22(2)7-9-23/h4-5,10H,6-9H2,1-3H3. The third-order valence-electron chi connectivity index (χ3n) is 4.47. The average molecular weight is 356 g/mol. The smallest absolute Gasteiger partial charge is 0.253 e. The fraction of sp³-hybridized carbons (Fsp3) is 0.438. The number of anilines is 1. The average Bonchev–Trinajstić information content (AvgIpc) is 3.07. The van der Waals surface area contributed by atoms with Crippen molar-refractivity contribution in [1.29, 1.82) is 0 Å². The molecule has 0 saturated carbocycles. The van der Waals surface area contributed by atoms with Gasteiger partial charge in [0.2, 0.25) is 11.1 Å². The first kappa shape index (κ1) is 16.2. The van der Waals surface area contributed by atoms with Gasteiger partial charge in [-0.3, -0.25) is 0 Å². The second-order valence-electron chi connectivity index (χ2n) is 6.10. The highest BCUT2D eigenvalue weighted by molar-refractivity contribution is 7.98. The van der Waals surface area contributed by atoms with Gasteiger partial charge in [0.05, 0.1) is 11.4 Å². The number of rotatable bonds is 3. The topological polar surface area (TPSA) is 75.3 Å². The molecule has 0 amide bonds. The summed E-state index contributed by atoms with van der Waals surface area (Å²) < 4.78 is 1.78. The zero-order chi connectivity index (χ0) is 17.4. The van der Waals surface area contributed by atoms with E-state index in [4.69, 9.17) is 4.98 Å². The molecule has 0 radical (unpaired) electrons. The number of nitrogens with zero attached hydrogens (tertiary/aromatic N) is 8. The summed E-state index contributed by atoms with van der Waals surface area (Å²) in [5.74, 6) is 1.38. The van der Waals surface area contributed by atoms with E-state index in [2.05, 4.69) is 36.9 Å². The van der Waals surface area contributed by atoms with Crippen molar-refractivity contribution in [2.24, 2.45) is 0 Å². The van der Waals surface area contributed by atoms with Crippen molar-refractivity contribution in [3.8, 4) is 11.3 Å². The highest BCUT2D eigenvalue weighted by Crippen LogP contribution is 2.23. The van der Waals surface area contributed by atoms with Crippen molar-refractivity contribution in [2.75, 3.05) is 44.4 Å². The molecule has 9 heteroatoms. The van der Waals surface area contributed by atoms with Crippen LogP contribution >= 0.6 is 11.8 Å². The summed E-state index contributed by atoms with van der Waals surface area (Å²) in [4.78, 5) is 22.6. The van der Waals surface area contributed by atoms with E-state index in [1.165, 1.54) is 11.8 Å². The van der Waals surface area contributed by atoms with Crippen molar-refractivity contribution < 1.29 is 0 Å². The van der Waals surface area contributed by atoms with Crippen molar-refractivity contribution in [2.45, 2.75) is 12.1 Å². The monoisotopic (exact) mass is 356 g/mol. The quantitative estimate of drug-likeness (QED) is 0.651. The Morgan fingerprint density at radius 3 is 2.64 bits per heavy atom. The molecule has 0 spiro atoms. The fourth-order valence-corrected chi connectivity index (χ4v) is 3.26. The number of hydrogen-bond donors (Lipinski definition) is 0. The highest BCUT2D eigenvalue weighted by atomic mass is 32.2. The van der Waals surface area contributed by atoms with Crippen molar-refractivity contribution in [3.63, 3.8) is 0 Å². The van der Waals surface area contributed by atoms with Gasteiger partial charge in [0.25, 0.3) is 5.78 Å². The van der Waals surface area contributed by atoms with Crippen LogP contribution in [0.15, 0.2) is 23.6 Å². The van der Waals surface area contributed by atoms with Crippen LogP contribution in [0.3, 0.4) is 0 Å². The van der Waals surface area contributed by atoms with Crippen LogP contribution in [0, 0.1) is 6.92 Å². The van der Waals surface area contributed by atoms with Crippen LogP contribution in [0.25, 0.3) is 17.0 Å². The summed E-state index contributed by atoms with van der Waals surface area (Å²) >= 11 is 1.51. The van der Waals surface area contributed by atoms with E-state index in [9.17, 15) is 0 Å². The molecule has 8 nitrogen and oxygen atoms in total. The van der Waals surface area contributed by atoms with Gasteiger partial charge in [-0.1, -0.05) is 11.8 Å². The maximum Gasteiger partial charge on any atom is 0.253 e. The summed E-state index contributed by atoms with van der Waals surface area (Å²) in [7, 11) is 2.14. The number of piperazine rings is 1. The van der Waals surface area contributed by atoms with E-state index < -0.39 is 0 Å². The molecular formula is C16H20N8S. The van der Waals surface area contributed by atoms with Gasteiger partial charge in [0, 0.05) is 44.1 Å². The number of hydrogen-bond acceptors (Lipinski definition) is 8. The van der Waals surface area contributed by atoms with Gasteiger partial charge < -0.3 is 9.80 Å². The van der Waals surface area contributed by atoms with Gasteiger partial charge in [-0.15, -0.1) is 5.10 Å². The van der Waals surface area contributed by atoms with E-state index >= 15 is 0 Å². The molecule has 25 heavy (non-hydrogen) atoms. The summed E-state index contributed by atoms with van der Waals surface area (Å²) in [6.45, 7) is 5.94. The Bertz CT molecular complexity index is 900. The van der Waals surface area contributed by atoms with Crippen LogP contribution in [0.1, 0.15) is 5.69 Å². The minimum absolute atomic E-state index is 0.610. The number of likely N-dealkylation sites (N-methyl/N-ethyl adjacent to an activating group) is 1. The first-order valence-corrected chi connectivity index (χ1v) is 9.41. The van der Waals surface area contributed by atoms with E-state index in [0.29, 0.717) is 10.9 Å². The molecule has 4 heterocycles. The van der Waals surface area contributed by atoms with Crippen LogP contribution in [0.5, 0.6) is 0 Å². The molecule has 3 aromatic heterocycles. The van der Waals surface area contributed by atoms with Gasteiger partial charge in [-0.25, -0.2) is 15.0 Å². The van der Waals surface area contributed by atoms with Crippen molar-refractivity contribution >= 4 is 23.5 Å². The first-order valence-electron chi connectivity index (χ1n) is 8.19. The third kappa shape index (κ3) is 3.05. The fourth-order valence-electron chi connectivity index (χ4n) is 2.92. The third-order valence-corrected chi connectivity index (χ3v) is 5.01. The predicted octanol–water partition coefficient (Wildman–Crippen LogP) is 1.36. The molecular weight excluding hydrogens is 336 g/mol. The predicted molar refractivity (Wildman–Crippen MR) is 98.0 cm³/mol. The zero-order valence-corrected chi connectivity index (χ0v) is 15.4. The normalized spacial score (nSPS) is 15.9.